The van der Waals surface area contributed by atoms with Gasteiger partial charge in [0.1, 0.15) is 6.04 Å². The number of nitrogens with zero attached hydrogens (tertiary/aromatic N) is 1. The molecule has 1 aromatic carbocycles. The molecule has 0 saturated heterocycles. The minimum absolute atomic E-state index is 0.0272. The number of rotatable bonds is 4. The third kappa shape index (κ3) is 3.66. The van der Waals surface area contributed by atoms with Gasteiger partial charge in [-0.05, 0) is 45.0 Å². The van der Waals surface area contributed by atoms with Crippen LogP contribution in [0, 0.1) is 0 Å². The summed E-state index contributed by atoms with van der Waals surface area (Å²) < 4.78 is 0. The molecule has 94 valence electrons. The molecular formula is C13H21N3O. The summed E-state index contributed by atoms with van der Waals surface area (Å²) in [7, 11) is 1.90. The van der Waals surface area contributed by atoms with Gasteiger partial charge in [-0.3, -0.25) is 4.79 Å². The lowest BCUT2D eigenvalue weighted by molar-refractivity contribution is -0.122. The molecule has 0 radical (unpaired) electrons. The molecule has 0 aliphatic carbocycles. The van der Waals surface area contributed by atoms with E-state index in [1.807, 2.05) is 57.0 Å². The fourth-order valence-corrected chi connectivity index (χ4v) is 1.51. The molecule has 0 fully saturated rings. The van der Waals surface area contributed by atoms with Crippen molar-refractivity contribution in [2.24, 2.45) is 0 Å². The standard InChI is InChI=1S/C13H21N3O/c1-9(2)15-13(17)10(3)16(4)12-7-5-11(14)6-8-12/h5-10H,14H2,1-4H3,(H,15,17). The summed E-state index contributed by atoms with van der Waals surface area (Å²) in [6.07, 6.45) is 0. The predicted molar refractivity (Wildman–Crippen MR) is 72.0 cm³/mol. The van der Waals surface area contributed by atoms with E-state index in [1.54, 1.807) is 0 Å². The Labute approximate surface area is 103 Å². The first-order chi connectivity index (χ1) is 7.91. The van der Waals surface area contributed by atoms with Gasteiger partial charge in [-0.2, -0.15) is 0 Å². The molecule has 1 atom stereocenters. The van der Waals surface area contributed by atoms with Crippen LogP contribution in [0.15, 0.2) is 24.3 Å². The van der Waals surface area contributed by atoms with Gasteiger partial charge in [0.05, 0.1) is 0 Å². The van der Waals surface area contributed by atoms with E-state index in [4.69, 9.17) is 5.73 Å². The molecule has 4 nitrogen and oxygen atoms in total. The van der Waals surface area contributed by atoms with Gasteiger partial charge in [0.15, 0.2) is 0 Å². The maximum Gasteiger partial charge on any atom is 0.242 e. The largest absolute Gasteiger partial charge is 0.399 e. The second kappa shape index (κ2) is 5.57. The zero-order valence-corrected chi connectivity index (χ0v) is 10.9. The molecule has 1 rings (SSSR count). The van der Waals surface area contributed by atoms with Crippen LogP contribution in [-0.4, -0.2) is 25.0 Å². The maximum atomic E-state index is 11.9. The lowest BCUT2D eigenvalue weighted by Gasteiger charge is -2.27. The Morgan fingerprint density at radius 1 is 1.24 bits per heavy atom. The Hall–Kier alpha value is -1.71. The Morgan fingerprint density at radius 3 is 2.24 bits per heavy atom. The summed E-state index contributed by atoms with van der Waals surface area (Å²) in [6.45, 7) is 5.79. The number of nitrogen functional groups attached to an aromatic ring is 1. The van der Waals surface area contributed by atoms with Crippen molar-refractivity contribution in [1.29, 1.82) is 0 Å². The average Bonchev–Trinajstić information content (AvgIpc) is 2.27. The molecular weight excluding hydrogens is 214 g/mol. The highest BCUT2D eigenvalue weighted by Gasteiger charge is 2.18. The number of anilines is 2. The van der Waals surface area contributed by atoms with Crippen LogP contribution in [-0.2, 0) is 4.79 Å². The van der Waals surface area contributed by atoms with Crippen LogP contribution < -0.4 is 16.0 Å². The molecule has 3 N–H and O–H groups in total. The minimum Gasteiger partial charge on any atom is -0.399 e. The van der Waals surface area contributed by atoms with Crippen LogP contribution >= 0.6 is 0 Å². The van der Waals surface area contributed by atoms with Crippen LogP contribution in [0.25, 0.3) is 0 Å². The van der Waals surface area contributed by atoms with Gasteiger partial charge in [-0.1, -0.05) is 0 Å². The van der Waals surface area contributed by atoms with Gasteiger partial charge < -0.3 is 16.0 Å². The summed E-state index contributed by atoms with van der Waals surface area (Å²) >= 11 is 0. The Kier molecular flexibility index (Phi) is 4.37. The van der Waals surface area contributed by atoms with Gasteiger partial charge in [-0.15, -0.1) is 0 Å². The van der Waals surface area contributed by atoms with Crippen LogP contribution in [0.1, 0.15) is 20.8 Å². The number of amides is 1. The lowest BCUT2D eigenvalue weighted by Crippen LogP contribution is -2.45. The summed E-state index contributed by atoms with van der Waals surface area (Å²) in [5.41, 5.74) is 7.33. The number of nitrogens with two attached hydrogens (primary N) is 1. The molecule has 1 unspecified atom stereocenters. The smallest absolute Gasteiger partial charge is 0.242 e. The molecule has 17 heavy (non-hydrogen) atoms. The second-order valence-electron chi connectivity index (χ2n) is 4.54. The number of benzene rings is 1. The van der Waals surface area contributed by atoms with E-state index >= 15 is 0 Å². The van der Waals surface area contributed by atoms with E-state index in [0.29, 0.717) is 0 Å². The quantitative estimate of drug-likeness (QED) is 0.780. The molecule has 4 heteroatoms. The fourth-order valence-electron chi connectivity index (χ4n) is 1.51. The molecule has 0 saturated carbocycles. The zero-order chi connectivity index (χ0) is 13.0. The highest BCUT2D eigenvalue weighted by Crippen LogP contribution is 2.17. The van der Waals surface area contributed by atoms with Crippen LogP contribution in [0.2, 0.25) is 0 Å². The predicted octanol–water partition coefficient (Wildman–Crippen LogP) is 1.62. The van der Waals surface area contributed by atoms with E-state index in [0.717, 1.165) is 11.4 Å². The third-order valence-corrected chi connectivity index (χ3v) is 2.69. The molecule has 0 aliphatic heterocycles. The van der Waals surface area contributed by atoms with E-state index in [-0.39, 0.29) is 18.0 Å². The zero-order valence-electron chi connectivity index (χ0n) is 10.9. The first-order valence-corrected chi connectivity index (χ1v) is 5.80. The van der Waals surface area contributed by atoms with Crippen LogP contribution in [0.4, 0.5) is 11.4 Å². The highest BCUT2D eigenvalue weighted by atomic mass is 16.2. The normalized spacial score (nSPS) is 12.3. The van der Waals surface area contributed by atoms with Gasteiger partial charge in [0.2, 0.25) is 5.91 Å². The van der Waals surface area contributed by atoms with Gasteiger partial charge in [0, 0.05) is 24.5 Å². The first-order valence-electron chi connectivity index (χ1n) is 5.80. The molecule has 0 spiro atoms. The Balaban J connectivity index is 2.72. The summed E-state index contributed by atoms with van der Waals surface area (Å²) in [5, 5.41) is 2.90. The first kappa shape index (κ1) is 13.4. The third-order valence-electron chi connectivity index (χ3n) is 2.69. The van der Waals surface area contributed by atoms with Gasteiger partial charge in [-0.25, -0.2) is 0 Å². The van der Waals surface area contributed by atoms with Gasteiger partial charge >= 0.3 is 0 Å². The summed E-state index contributed by atoms with van der Waals surface area (Å²) in [4.78, 5) is 13.8. The topological polar surface area (TPSA) is 58.4 Å². The monoisotopic (exact) mass is 235 g/mol. The number of hydrogen-bond acceptors (Lipinski definition) is 3. The molecule has 0 heterocycles. The second-order valence-corrected chi connectivity index (χ2v) is 4.54. The van der Waals surface area contributed by atoms with Crippen molar-refractivity contribution in [2.45, 2.75) is 32.9 Å². The SMILES string of the molecule is CC(C)NC(=O)C(C)N(C)c1ccc(N)cc1. The van der Waals surface area contributed by atoms with E-state index < -0.39 is 0 Å². The number of carbonyl (C=O) groups excluding carboxylic acids is 1. The number of hydrogen-bond donors (Lipinski definition) is 2. The van der Waals surface area contributed by atoms with Crippen molar-refractivity contribution in [2.75, 3.05) is 17.7 Å². The van der Waals surface area contributed by atoms with Crippen LogP contribution in [0.3, 0.4) is 0 Å². The Morgan fingerprint density at radius 2 is 1.76 bits per heavy atom. The molecule has 0 bridgehead atoms. The number of carbonyl (C=O) groups is 1. The van der Waals surface area contributed by atoms with E-state index in [9.17, 15) is 4.79 Å². The van der Waals surface area contributed by atoms with Crippen molar-refractivity contribution in [3.8, 4) is 0 Å². The molecule has 1 aromatic rings. The molecule has 1 amide bonds. The van der Waals surface area contributed by atoms with Crippen molar-refractivity contribution in [3.63, 3.8) is 0 Å². The van der Waals surface area contributed by atoms with E-state index in [2.05, 4.69) is 5.32 Å². The van der Waals surface area contributed by atoms with Crippen molar-refractivity contribution in [1.82, 2.24) is 5.32 Å². The van der Waals surface area contributed by atoms with E-state index in [1.165, 1.54) is 0 Å². The molecule has 0 aliphatic rings. The summed E-state index contributed by atoms with van der Waals surface area (Å²) in [6, 6.07) is 7.44. The highest BCUT2D eigenvalue weighted by molar-refractivity contribution is 5.84. The average molecular weight is 235 g/mol. The minimum atomic E-state index is -0.207. The van der Waals surface area contributed by atoms with Crippen molar-refractivity contribution >= 4 is 17.3 Å². The maximum absolute atomic E-state index is 11.9. The Bertz CT molecular complexity index is 373. The van der Waals surface area contributed by atoms with Crippen molar-refractivity contribution < 1.29 is 4.79 Å². The lowest BCUT2D eigenvalue weighted by atomic mass is 10.2. The number of nitrogens with one attached hydrogen (secondary N) is 1. The van der Waals surface area contributed by atoms with Crippen LogP contribution in [0.5, 0.6) is 0 Å². The number of likely N-dealkylation sites (N-methyl/N-ethyl adjacent to an activating group) is 1. The van der Waals surface area contributed by atoms with Crippen molar-refractivity contribution in [3.05, 3.63) is 24.3 Å². The fraction of sp³-hybridized carbons (Fsp3) is 0.462. The van der Waals surface area contributed by atoms with Gasteiger partial charge in [0.25, 0.3) is 0 Å². The summed E-state index contributed by atoms with van der Waals surface area (Å²) in [5.74, 6) is 0.0272. The molecule has 0 aromatic heterocycles.